The summed E-state index contributed by atoms with van der Waals surface area (Å²) < 4.78 is 3.65. The van der Waals surface area contributed by atoms with Gasteiger partial charge in [-0.05, 0) is 30.3 Å². The van der Waals surface area contributed by atoms with E-state index in [0.29, 0.717) is 4.88 Å². The number of nitrogens with zero attached hydrogens (tertiary/aromatic N) is 3. The van der Waals surface area contributed by atoms with Gasteiger partial charge in [0.2, 0.25) is 0 Å². The Morgan fingerprint density at radius 1 is 1.53 bits per heavy atom. The first-order valence-corrected chi connectivity index (χ1v) is 7.05. The van der Waals surface area contributed by atoms with Gasteiger partial charge in [-0.3, -0.25) is 4.79 Å². The van der Waals surface area contributed by atoms with Gasteiger partial charge in [-0.1, -0.05) is 28.9 Å². The van der Waals surface area contributed by atoms with Crippen LogP contribution in [0.5, 0.6) is 0 Å². The maximum atomic E-state index is 12.0. The highest BCUT2D eigenvalue weighted by Gasteiger charge is 2.29. The molecule has 4 N–H and O–H groups in total. The van der Waals surface area contributed by atoms with E-state index in [1.165, 1.54) is 12.6 Å². The zero-order valence-corrected chi connectivity index (χ0v) is 11.3. The molecule has 1 amide bonds. The maximum Gasteiger partial charge on any atom is 0.265 e. The first-order chi connectivity index (χ1) is 9.22. The van der Waals surface area contributed by atoms with Crippen molar-refractivity contribution in [3.63, 3.8) is 0 Å². The number of aromatic nitrogens is 2. The number of hydrogen-bond donors (Lipinski definition) is 3. The van der Waals surface area contributed by atoms with Crippen LogP contribution in [0.15, 0.2) is 11.4 Å². The molecule has 1 saturated carbocycles. The van der Waals surface area contributed by atoms with Crippen LogP contribution in [-0.2, 0) is 0 Å². The molecule has 8 heteroatoms. The van der Waals surface area contributed by atoms with Gasteiger partial charge < -0.3 is 16.3 Å². The van der Waals surface area contributed by atoms with Gasteiger partial charge in [0.15, 0.2) is 5.84 Å². The van der Waals surface area contributed by atoms with E-state index < -0.39 is 6.04 Å². The molecule has 1 heterocycles. The van der Waals surface area contributed by atoms with E-state index in [1.807, 2.05) is 0 Å². The minimum Gasteiger partial charge on any atom is -0.409 e. The second-order valence-corrected chi connectivity index (χ2v) is 5.44. The van der Waals surface area contributed by atoms with Crippen molar-refractivity contribution in [2.45, 2.75) is 38.1 Å². The van der Waals surface area contributed by atoms with Crippen molar-refractivity contribution in [2.24, 2.45) is 16.8 Å². The normalized spacial score (nSPS) is 19.1. The highest BCUT2D eigenvalue weighted by Crippen LogP contribution is 2.26. The predicted octanol–water partition coefficient (Wildman–Crippen LogP) is 0.963. The molecule has 1 aliphatic carbocycles. The molecule has 19 heavy (non-hydrogen) atoms. The lowest BCUT2D eigenvalue weighted by Crippen LogP contribution is -2.49. The second-order valence-electron chi connectivity index (χ2n) is 4.66. The number of rotatable bonds is 4. The van der Waals surface area contributed by atoms with Crippen molar-refractivity contribution in [1.29, 1.82) is 0 Å². The van der Waals surface area contributed by atoms with Crippen LogP contribution in [0.2, 0.25) is 0 Å². The zero-order valence-electron chi connectivity index (χ0n) is 10.5. The Labute approximate surface area is 115 Å². The summed E-state index contributed by atoms with van der Waals surface area (Å²) in [6, 6.07) is -0.431. The Morgan fingerprint density at radius 2 is 2.26 bits per heavy atom. The van der Waals surface area contributed by atoms with E-state index >= 15 is 0 Å². The standard InChI is InChI=1S/C11H17N5O2S/c12-10(15-18)9(7-4-2-1-3-5-7)14-11(17)8-6-13-16-19-8/h6-7,9,18H,1-5H2,(H2,12,15)(H,14,17). The van der Waals surface area contributed by atoms with Gasteiger partial charge in [-0.2, -0.15) is 0 Å². The molecule has 0 aromatic carbocycles. The molecule has 1 aromatic rings. The number of carbonyl (C=O) groups is 1. The van der Waals surface area contributed by atoms with Gasteiger partial charge in [-0.25, -0.2) is 0 Å². The third kappa shape index (κ3) is 3.40. The Bertz CT molecular complexity index is 442. The average molecular weight is 283 g/mol. The Hall–Kier alpha value is -1.70. The summed E-state index contributed by atoms with van der Waals surface area (Å²) in [4.78, 5) is 12.4. The summed E-state index contributed by atoms with van der Waals surface area (Å²) in [5.74, 6) is -0.00983. The number of nitrogens with one attached hydrogen (secondary N) is 1. The number of amides is 1. The molecule has 0 aliphatic heterocycles. The fraction of sp³-hybridized carbons (Fsp3) is 0.636. The third-order valence-corrected chi connectivity index (χ3v) is 4.09. The van der Waals surface area contributed by atoms with Crippen LogP contribution in [0.3, 0.4) is 0 Å². The SMILES string of the molecule is NC(=NO)C(NC(=O)c1cnns1)C1CCCCC1. The minimum absolute atomic E-state index is 0.0534. The highest BCUT2D eigenvalue weighted by molar-refractivity contribution is 7.07. The van der Waals surface area contributed by atoms with E-state index in [-0.39, 0.29) is 17.7 Å². The summed E-state index contributed by atoms with van der Waals surface area (Å²) in [5, 5.41) is 18.4. The van der Waals surface area contributed by atoms with Gasteiger partial charge in [0.25, 0.3) is 5.91 Å². The summed E-state index contributed by atoms with van der Waals surface area (Å²) in [6.45, 7) is 0. The number of carbonyl (C=O) groups excluding carboxylic acids is 1. The van der Waals surface area contributed by atoms with Crippen molar-refractivity contribution in [1.82, 2.24) is 14.9 Å². The van der Waals surface area contributed by atoms with Gasteiger partial charge in [0.1, 0.15) is 4.88 Å². The molecule has 104 valence electrons. The van der Waals surface area contributed by atoms with E-state index in [4.69, 9.17) is 10.9 Å². The lowest BCUT2D eigenvalue weighted by atomic mass is 9.83. The van der Waals surface area contributed by atoms with Crippen molar-refractivity contribution in [2.75, 3.05) is 0 Å². The van der Waals surface area contributed by atoms with Gasteiger partial charge in [0.05, 0.1) is 12.2 Å². The van der Waals surface area contributed by atoms with Crippen molar-refractivity contribution in [3.05, 3.63) is 11.1 Å². The van der Waals surface area contributed by atoms with Crippen LogP contribution in [0.25, 0.3) is 0 Å². The van der Waals surface area contributed by atoms with Crippen LogP contribution in [0.4, 0.5) is 0 Å². The quantitative estimate of drug-likeness (QED) is 0.330. The molecule has 2 rings (SSSR count). The predicted molar refractivity (Wildman–Crippen MR) is 71.1 cm³/mol. The topological polar surface area (TPSA) is 113 Å². The summed E-state index contributed by atoms with van der Waals surface area (Å²) in [6.07, 6.45) is 6.77. The number of oxime groups is 1. The lowest BCUT2D eigenvalue weighted by molar-refractivity contribution is 0.0934. The van der Waals surface area contributed by atoms with Crippen molar-refractivity contribution >= 4 is 23.3 Å². The molecule has 0 spiro atoms. The summed E-state index contributed by atoms with van der Waals surface area (Å²) in [5.41, 5.74) is 5.71. The number of nitrogens with two attached hydrogens (primary N) is 1. The van der Waals surface area contributed by atoms with Crippen LogP contribution in [0.1, 0.15) is 41.8 Å². The van der Waals surface area contributed by atoms with Crippen LogP contribution in [-0.4, -0.2) is 32.6 Å². The molecule has 0 radical (unpaired) electrons. The van der Waals surface area contributed by atoms with E-state index in [9.17, 15) is 4.79 Å². The fourth-order valence-corrected chi connectivity index (χ4v) is 2.86. The largest absolute Gasteiger partial charge is 0.409 e. The second kappa shape index (κ2) is 6.46. The molecular formula is C11H17N5O2S. The molecule has 0 bridgehead atoms. The first kappa shape index (κ1) is 13.7. The van der Waals surface area contributed by atoms with Gasteiger partial charge in [0, 0.05) is 0 Å². The summed E-state index contributed by atoms with van der Waals surface area (Å²) >= 11 is 1.02. The van der Waals surface area contributed by atoms with Crippen LogP contribution >= 0.6 is 11.5 Å². The molecule has 0 saturated heterocycles. The molecule has 1 aromatic heterocycles. The van der Waals surface area contributed by atoms with Gasteiger partial charge >= 0.3 is 0 Å². The lowest BCUT2D eigenvalue weighted by Gasteiger charge is -2.29. The molecule has 1 fully saturated rings. The Morgan fingerprint density at radius 3 is 2.84 bits per heavy atom. The van der Waals surface area contributed by atoms with Gasteiger partial charge in [-0.15, -0.1) is 5.10 Å². The van der Waals surface area contributed by atoms with E-state index in [1.54, 1.807) is 0 Å². The van der Waals surface area contributed by atoms with Crippen LogP contribution < -0.4 is 11.1 Å². The summed E-state index contributed by atoms with van der Waals surface area (Å²) in [7, 11) is 0. The average Bonchev–Trinajstić information content (AvgIpc) is 2.99. The number of hydrogen-bond acceptors (Lipinski definition) is 6. The Balaban J connectivity index is 2.07. The zero-order chi connectivity index (χ0) is 13.7. The third-order valence-electron chi connectivity index (χ3n) is 3.43. The van der Waals surface area contributed by atoms with Crippen LogP contribution in [0, 0.1) is 5.92 Å². The van der Waals surface area contributed by atoms with Crippen molar-refractivity contribution < 1.29 is 10.0 Å². The molecule has 1 aliphatic rings. The molecule has 1 unspecified atom stereocenters. The first-order valence-electron chi connectivity index (χ1n) is 6.28. The molecule has 1 atom stereocenters. The Kier molecular flexibility index (Phi) is 4.67. The van der Waals surface area contributed by atoms with Crippen molar-refractivity contribution in [3.8, 4) is 0 Å². The van der Waals surface area contributed by atoms with E-state index in [0.717, 1.165) is 37.2 Å². The fourth-order valence-electron chi connectivity index (χ4n) is 2.44. The number of amidine groups is 1. The monoisotopic (exact) mass is 283 g/mol. The van der Waals surface area contributed by atoms with E-state index in [2.05, 4.69) is 20.1 Å². The molecular weight excluding hydrogens is 266 g/mol. The highest BCUT2D eigenvalue weighted by atomic mass is 32.1. The maximum absolute atomic E-state index is 12.0. The smallest absolute Gasteiger partial charge is 0.265 e. The molecule has 7 nitrogen and oxygen atoms in total. The minimum atomic E-state index is -0.431.